The molecule has 13 heavy (non-hydrogen) atoms. The van der Waals surface area contributed by atoms with E-state index in [1.54, 1.807) is 12.1 Å². The van der Waals surface area contributed by atoms with Crippen molar-refractivity contribution in [2.45, 2.75) is 12.6 Å². The number of hydrogen-bond acceptors (Lipinski definition) is 1. The second-order valence-corrected chi connectivity index (χ2v) is 3.87. The number of alkyl halides is 1. The van der Waals surface area contributed by atoms with Crippen LogP contribution in [0.1, 0.15) is 12.5 Å². The molecule has 1 atom stereocenters. The van der Waals surface area contributed by atoms with E-state index >= 15 is 0 Å². The molecular formula is C9H10Cl2FN. The van der Waals surface area contributed by atoms with Crippen LogP contribution in [0.3, 0.4) is 0 Å². The van der Waals surface area contributed by atoms with E-state index in [2.05, 4.69) is 0 Å². The first-order valence-electron chi connectivity index (χ1n) is 3.82. The lowest BCUT2D eigenvalue weighted by Gasteiger charge is -2.19. The van der Waals surface area contributed by atoms with Crippen LogP contribution in [-0.2, 0) is 5.67 Å². The highest BCUT2D eigenvalue weighted by Crippen LogP contribution is 2.32. The first kappa shape index (κ1) is 10.8. The van der Waals surface area contributed by atoms with Crippen molar-refractivity contribution in [1.82, 2.24) is 0 Å². The third kappa shape index (κ3) is 2.33. The summed E-state index contributed by atoms with van der Waals surface area (Å²) in [5.41, 5.74) is 3.99. The lowest BCUT2D eigenvalue weighted by atomic mass is 9.98. The van der Waals surface area contributed by atoms with Gasteiger partial charge in [0, 0.05) is 22.2 Å². The number of hydrogen-bond donors (Lipinski definition) is 1. The molecule has 0 saturated heterocycles. The predicted octanol–water partition coefficient (Wildman–Crippen LogP) is 3.14. The first-order valence-corrected chi connectivity index (χ1v) is 4.57. The van der Waals surface area contributed by atoms with Gasteiger partial charge in [0.2, 0.25) is 0 Å². The van der Waals surface area contributed by atoms with Crippen molar-refractivity contribution >= 4 is 23.2 Å². The van der Waals surface area contributed by atoms with E-state index < -0.39 is 5.67 Å². The fourth-order valence-corrected chi connectivity index (χ4v) is 1.49. The van der Waals surface area contributed by atoms with Gasteiger partial charge < -0.3 is 5.73 Å². The molecule has 0 spiro atoms. The largest absolute Gasteiger partial charge is 0.327 e. The van der Waals surface area contributed by atoms with Crippen molar-refractivity contribution in [3.8, 4) is 0 Å². The Morgan fingerprint density at radius 1 is 1.46 bits per heavy atom. The van der Waals surface area contributed by atoms with Gasteiger partial charge in [-0.1, -0.05) is 23.2 Å². The summed E-state index contributed by atoms with van der Waals surface area (Å²) >= 11 is 11.5. The summed E-state index contributed by atoms with van der Waals surface area (Å²) in [4.78, 5) is 0. The summed E-state index contributed by atoms with van der Waals surface area (Å²) in [6.45, 7) is 1.26. The normalized spacial score (nSPS) is 15.5. The van der Waals surface area contributed by atoms with Gasteiger partial charge in [-0.2, -0.15) is 0 Å². The summed E-state index contributed by atoms with van der Waals surface area (Å²) < 4.78 is 13.7. The zero-order valence-electron chi connectivity index (χ0n) is 7.15. The van der Waals surface area contributed by atoms with Gasteiger partial charge in [0.25, 0.3) is 0 Å². The zero-order valence-corrected chi connectivity index (χ0v) is 8.66. The average Bonchev–Trinajstić information content (AvgIpc) is 2.09. The van der Waals surface area contributed by atoms with Crippen LogP contribution in [0.4, 0.5) is 4.39 Å². The van der Waals surface area contributed by atoms with E-state index in [4.69, 9.17) is 28.9 Å². The fraction of sp³-hybridized carbons (Fsp3) is 0.333. The van der Waals surface area contributed by atoms with Gasteiger partial charge in [-0.05, 0) is 25.1 Å². The van der Waals surface area contributed by atoms with Crippen molar-refractivity contribution in [3.63, 3.8) is 0 Å². The smallest absolute Gasteiger partial charge is 0.146 e. The molecule has 1 unspecified atom stereocenters. The van der Waals surface area contributed by atoms with Crippen molar-refractivity contribution < 1.29 is 4.39 Å². The van der Waals surface area contributed by atoms with Gasteiger partial charge in [0.05, 0.1) is 0 Å². The van der Waals surface area contributed by atoms with Gasteiger partial charge in [-0.15, -0.1) is 0 Å². The highest BCUT2D eigenvalue weighted by atomic mass is 35.5. The van der Waals surface area contributed by atoms with E-state index in [0.717, 1.165) is 0 Å². The van der Waals surface area contributed by atoms with Crippen LogP contribution in [-0.4, -0.2) is 6.54 Å². The summed E-state index contributed by atoms with van der Waals surface area (Å²) in [5.74, 6) is 0. The summed E-state index contributed by atoms with van der Waals surface area (Å²) in [5, 5.41) is 0.802. The molecule has 0 amide bonds. The maximum absolute atomic E-state index is 13.7. The third-order valence-electron chi connectivity index (χ3n) is 1.87. The SMILES string of the molecule is CC(F)(CN)c1cc(Cl)ccc1Cl. The van der Waals surface area contributed by atoms with Crippen molar-refractivity contribution in [1.29, 1.82) is 0 Å². The zero-order chi connectivity index (χ0) is 10.1. The topological polar surface area (TPSA) is 26.0 Å². The Hall–Kier alpha value is -0.310. The minimum absolute atomic E-state index is 0.118. The minimum Gasteiger partial charge on any atom is -0.327 e. The van der Waals surface area contributed by atoms with E-state index in [9.17, 15) is 4.39 Å². The Morgan fingerprint density at radius 2 is 2.08 bits per heavy atom. The number of nitrogens with two attached hydrogens (primary N) is 1. The Bertz CT molecular complexity index is 312. The van der Waals surface area contributed by atoms with Gasteiger partial charge in [-0.25, -0.2) is 4.39 Å². The second kappa shape index (κ2) is 3.82. The van der Waals surface area contributed by atoms with Crippen LogP contribution in [0.2, 0.25) is 10.0 Å². The summed E-state index contributed by atoms with van der Waals surface area (Å²) in [7, 11) is 0. The second-order valence-electron chi connectivity index (χ2n) is 3.03. The molecule has 72 valence electrons. The molecule has 0 aliphatic carbocycles. The van der Waals surface area contributed by atoms with Gasteiger partial charge in [0.15, 0.2) is 0 Å². The predicted molar refractivity (Wildman–Crippen MR) is 54.0 cm³/mol. The van der Waals surface area contributed by atoms with E-state index in [1.807, 2.05) is 0 Å². The molecule has 0 aliphatic rings. The molecule has 0 fully saturated rings. The molecule has 0 saturated carbocycles. The molecule has 0 bridgehead atoms. The highest BCUT2D eigenvalue weighted by molar-refractivity contribution is 6.33. The van der Waals surface area contributed by atoms with Crippen LogP contribution in [0.15, 0.2) is 18.2 Å². The van der Waals surface area contributed by atoms with Gasteiger partial charge >= 0.3 is 0 Å². The van der Waals surface area contributed by atoms with Crippen molar-refractivity contribution in [3.05, 3.63) is 33.8 Å². The summed E-state index contributed by atoms with van der Waals surface area (Å²) in [6, 6.07) is 4.67. The number of halogens is 3. The Labute approximate surface area is 86.6 Å². The molecule has 4 heteroatoms. The van der Waals surface area contributed by atoms with Crippen LogP contribution in [0, 0.1) is 0 Å². The monoisotopic (exact) mass is 221 g/mol. The molecule has 1 rings (SSSR count). The van der Waals surface area contributed by atoms with Crippen molar-refractivity contribution in [2.24, 2.45) is 5.73 Å². The van der Waals surface area contributed by atoms with E-state index in [1.165, 1.54) is 13.0 Å². The molecule has 2 N–H and O–H groups in total. The summed E-state index contributed by atoms with van der Waals surface area (Å²) in [6.07, 6.45) is 0. The average molecular weight is 222 g/mol. The third-order valence-corrected chi connectivity index (χ3v) is 2.44. The molecular weight excluding hydrogens is 212 g/mol. The Morgan fingerprint density at radius 3 is 2.62 bits per heavy atom. The minimum atomic E-state index is -1.62. The van der Waals surface area contributed by atoms with Crippen LogP contribution >= 0.6 is 23.2 Å². The molecule has 1 aromatic carbocycles. The molecule has 0 aliphatic heterocycles. The molecule has 0 heterocycles. The number of benzene rings is 1. The lowest BCUT2D eigenvalue weighted by Crippen LogP contribution is -2.26. The van der Waals surface area contributed by atoms with E-state index in [-0.39, 0.29) is 6.54 Å². The molecule has 1 aromatic rings. The highest BCUT2D eigenvalue weighted by Gasteiger charge is 2.26. The molecule has 0 aromatic heterocycles. The van der Waals surface area contributed by atoms with Crippen molar-refractivity contribution in [2.75, 3.05) is 6.54 Å². The Kier molecular flexibility index (Phi) is 3.17. The van der Waals surface area contributed by atoms with Crippen LogP contribution < -0.4 is 5.73 Å². The fourth-order valence-electron chi connectivity index (χ4n) is 1.01. The standard InChI is InChI=1S/C9H10Cl2FN/c1-9(12,5-13)7-4-6(10)2-3-8(7)11/h2-4H,5,13H2,1H3. The quantitative estimate of drug-likeness (QED) is 0.817. The van der Waals surface area contributed by atoms with Gasteiger partial charge in [-0.3, -0.25) is 0 Å². The van der Waals surface area contributed by atoms with Crippen LogP contribution in [0.25, 0.3) is 0 Å². The van der Waals surface area contributed by atoms with Crippen LogP contribution in [0.5, 0.6) is 0 Å². The molecule has 0 radical (unpaired) electrons. The maximum Gasteiger partial charge on any atom is 0.146 e. The van der Waals surface area contributed by atoms with E-state index in [0.29, 0.717) is 15.6 Å². The molecule has 1 nitrogen and oxygen atoms in total. The lowest BCUT2D eigenvalue weighted by molar-refractivity contribution is 0.203. The van der Waals surface area contributed by atoms with Gasteiger partial charge in [0.1, 0.15) is 5.67 Å². The number of rotatable bonds is 2. The first-order chi connectivity index (χ1) is 5.97. The maximum atomic E-state index is 13.7. The Balaban J connectivity index is 3.20.